The summed E-state index contributed by atoms with van der Waals surface area (Å²) in [6, 6.07) is 0. The lowest BCUT2D eigenvalue weighted by molar-refractivity contribution is 0.559. The van der Waals surface area contributed by atoms with Gasteiger partial charge in [-0.15, -0.1) is 23.2 Å². The van der Waals surface area contributed by atoms with Crippen molar-refractivity contribution < 1.29 is 0 Å². The van der Waals surface area contributed by atoms with Crippen LogP contribution in [0.5, 0.6) is 0 Å². The Morgan fingerprint density at radius 1 is 1.33 bits per heavy atom. The predicted molar refractivity (Wildman–Crippen MR) is 67.4 cm³/mol. The molecule has 0 amide bonds. The maximum Gasteiger partial charge on any atom is 0.203 e. The van der Waals surface area contributed by atoms with Crippen LogP contribution in [0.25, 0.3) is 0 Å². The van der Waals surface area contributed by atoms with Gasteiger partial charge in [0.25, 0.3) is 0 Å². The van der Waals surface area contributed by atoms with Crippen LogP contribution in [0.15, 0.2) is 0 Å². The van der Waals surface area contributed by atoms with Crippen molar-refractivity contribution in [2.45, 2.75) is 32.2 Å². The van der Waals surface area contributed by atoms with E-state index in [1.807, 2.05) is 6.92 Å². The molecule has 0 unspecified atom stereocenters. The van der Waals surface area contributed by atoms with E-state index in [9.17, 15) is 0 Å². The highest BCUT2D eigenvalue weighted by Gasteiger charge is 2.27. The Morgan fingerprint density at radius 3 is 2.40 bits per heavy atom. The van der Waals surface area contributed by atoms with Crippen LogP contribution in [0.1, 0.15) is 26.1 Å². The van der Waals surface area contributed by atoms with E-state index in [4.69, 9.17) is 23.2 Å². The molecule has 0 aliphatic carbocycles. The minimum Gasteiger partial charge on any atom is -0.352 e. The SMILES string of the molecule is CCc1nsc(NC(CC)(CCl)CCl)n1. The summed E-state index contributed by atoms with van der Waals surface area (Å²) in [5.41, 5.74) is -0.270. The molecule has 0 aliphatic heterocycles. The quantitative estimate of drug-likeness (QED) is 0.805. The van der Waals surface area contributed by atoms with Gasteiger partial charge in [0.15, 0.2) is 0 Å². The van der Waals surface area contributed by atoms with Gasteiger partial charge in [0, 0.05) is 29.7 Å². The first kappa shape index (κ1) is 13.0. The van der Waals surface area contributed by atoms with Crippen molar-refractivity contribution in [2.75, 3.05) is 17.1 Å². The number of aryl methyl sites for hydroxylation is 1. The molecule has 1 N–H and O–H groups in total. The number of hydrogen-bond donors (Lipinski definition) is 1. The largest absolute Gasteiger partial charge is 0.352 e. The molecule has 0 fully saturated rings. The summed E-state index contributed by atoms with van der Waals surface area (Å²) in [4.78, 5) is 4.34. The second kappa shape index (κ2) is 5.87. The Labute approximate surface area is 104 Å². The molecule has 0 saturated heterocycles. The summed E-state index contributed by atoms with van der Waals surface area (Å²) in [5, 5.41) is 4.08. The molecule has 86 valence electrons. The predicted octanol–water partition coefficient (Wildman–Crippen LogP) is 3.14. The van der Waals surface area contributed by atoms with Gasteiger partial charge in [-0.1, -0.05) is 13.8 Å². The van der Waals surface area contributed by atoms with Crippen LogP contribution in [-0.2, 0) is 6.42 Å². The van der Waals surface area contributed by atoms with Crippen LogP contribution in [0, 0.1) is 0 Å². The van der Waals surface area contributed by atoms with Crippen molar-refractivity contribution in [3.8, 4) is 0 Å². The number of hydrogen-bond acceptors (Lipinski definition) is 4. The standard InChI is InChI=1S/C9H15Cl2N3S/c1-3-7-12-8(15-14-7)13-9(4-2,5-10)6-11/h3-6H2,1-2H3,(H,12,13,14). The molecule has 3 nitrogen and oxygen atoms in total. The molecule has 15 heavy (non-hydrogen) atoms. The molecule has 0 saturated carbocycles. The summed E-state index contributed by atoms with van der Waals surface area (Å²) in [6.45, 7) is 4.08. The molecule has 0 atom stereocenters. The van der Waals surface area contributed by atoms with E-state index in [-0.39, 0.29) is 5.54 Å². The van der Waals surface area contributed by atoms with Gasteiger partial charge in [-0.25, -0.2) is 4.98 Å². The Bertz CT molecular complexity index is 291. The van der Waals surface area contributed by atoms with E-state index in [1.54, 1.807) is 0 Å². The maximum atomic E-state index is 5.92. The molecule has 1 heterocycles. The van der Waals surface area contributed by atoms with Gasteiger partial charge in [0.2, 0.25) is 5.13 Å². The summed E-state index contributed by atoms with van der Waals surface area (Å²) in [7, 11) is 0. The molecular weight excluding hydrogens is 253 g/mol. The van der Waals surface area contributed by atoms with Crippen LogP contribution >= 0.6 is 34.7 Å². The van der Waals surface area contributed by atoms with E-state index in [0.29, 0.717) is 11.8 Å². The molecule has 0 aliphatic rings. The molecule has 6 heteroatoms. The summed E-state index contributed by atoms with van der Waals surface area (Å²) in [6.07, 6.45) is 1.71. The summed E-state index contributed by atoms with van der Waals surface area (Å²) in [5.74, 6) is 1.79. The van der Waals surface area contributed by atoms with Gasteiger partial charge < -0.3 is 5.32 Å². The third kappa shape index (κ3) is 3.20. The highest BCUT2D eigenvalue weighted by molar-refractivity contribution is 7.09. The highest BCUT2D eigenvalue weighted by Crippen LogP contribution is 2.23. The van der Waals surface area contributed by atoms with E-state index in [0.717, 1.165) is 23.8 Å². The first-order valence-electron chi connectivity index (χ1n) is 4.92. The van der Waals surface area contributed by atoms with Crippen LogP contribution < -0.4 is 5.32 Å². The monoisotopic (exact) mass is 267 g/mol. The van der Waals surface area contributed by atoms with E-state index < -0.39 is 0 Å². The number of halogens is 2. The van der Waals surface area contributed by atoms with Crippen LogP contribution in [0.2, 0.25) is 0 Å². The van der Waals surface area contributed by atoms with Gasteiger partial charge >= 0.3 is 0 Å². The Kier molecular flexibility index (Phi) is 5.09. The van der Waals surface area contributed by atoms with Gasteiger partial charge in [-0.2, -0.15) is 4.37 Å². The van der Waals surface area contributed by atoms with E-state index in [2.05, 4.69) is 21.6 Å². The number of nitrogens with one attached hydrogen (secondary N) is 1. The first-order chi connectivity index (χ1) is 7.19. The number of rotatable bonds is 6. The number of aromatic nitrogens is 2. The Balaban J connectivity index is 2.73. The second-order valence-electron chi connectivity index (χ2n) is 3.40. The number of alkyl halides is 2. The molecule has 0 spiro atoms. The lowest BCUT2D eigenvalue weighted by Crippen LogP contribution is -2.41. The normalized spacial score (nSPS) is 11.7. The van der Waals surface area contributed by atoms with Gasteiger partial charge in [0.1, 0.15) is 5.82 Å². The molecule has 0 radical (unpaired) electrons. The molecular formula is C9H15Cl2N3S. The molecule has 1 aromatic rings. The molecule has 0 aromatic carbocycles. The fourth-order valence-corrected chi connectivity index (χ4v) is 2.62. The number of anilines is 1. The second-order valence-corrected chi connectivity index (χ2v) is 4.68. The van der Waals surface area contributed by atoms with Crippen molar-refractivity contribution >= 4 is 39.9 Å². The third-order valence-corrected chi connectivity index (χ3v) is 4.04. The topological polar surface area (TPSA) is 37.8 Å². The Morgan fingerprint density at radius 2 is 2.00 bits per heavy atom. The molecule has 1 rings (SSSR count). The minimum absolute atomic E-state index is 0.270. The average molecular weight is 268 g/mol. The lowest BCUT2D eigenvalue weighted by Gasteiger charge is -2.28. The van der Waals surface area contributed by atoms with E-state index in [1.165, 1.54) is 11.5 Å². The highest BCUT2D eigenvalue weighted by atomic mass is 35.5. The maximum absolute atomic E-state index is 5.92. The van der Waals surface area contributed by atoms with Crippen LogP contribution in [0.3, 0.4) is 0 Å². The Hall–Kier alpha value is -0.0600. The summed E-state index contributed by atoms with van der Waals surface area (Å²) >= 11 is 13.2. The lowest BCUT2D eigenvalue weighted by atomic mass is 10.0. The van der Waals surface area contributed by atoms with Gasteiger partial charge in [-0.05, 0) is 6.42 Å². The first-order valence-corrected chi connectivity index (χ1v) is 6.76. The summed E-state index contributed by atoms with van der Waals surface area (Å²) < 4.78 is 4.20. The zero-order valence-electron chi connectivity index (χ0n) is 8.89. The molecule has 0 bridgehead atoms. The third-order valence-electron chi connectivity index (χ3n) is 2.34. The van der Waals surface area contributed by atoms with Crippen molar-refractivity contribution in [2.24, 2.45) is 0 Å². The van der Waals surface area contributed by atoms with Crippen molar-refractivity contribution in [1.82, 2.24) is 9.36 Å². The van der Waals surface area contributed by atoms with Crippen molar-refractivity contribution in [1.29, 1.82) is 0 Å². The van der Waals surface area contributed by atoms with Crippen molar-refractivity contribution in [3.05, 3.63) is 5.82 Å². The fourth-order valence-electron chi connectivity index (χ4n) is 1.06. The zero-order chi connectivity index (χ0) is 11.3. The molecule has 1 aromatic heterocycles. The fraction of sp³-hybridized carbons (Fsp3) is 0.778. The minimum atomic E-state index is -0.270. The van der Waals surface area contributed by atoms with Gasteiger partial charge in [-0.3, -0.25) is 0 Å². The zero-order valence-corrected chi connectivity index (χ0v) is 11.2. The van der Waals surface area contributed by atoms with Crippen LogP contribution in [-0.4, -0.2) is 26.7 Å². The number of nitrogens with zero attached hydrogens (tertiary/aromatic N) is 2. The van der Waals surface area contributed by atoms with Crippen molar-refractivity contribution in [3.63, 3.8) is 0 Å². The average Bonchev–Trinajstić information content (AvgIpc) is 2.73. The van der Waals surface area contributed by atoms with E-state index >= 15 is 0 Å². The van der Waals surface area contributed by atoms with Crippen LogP contribution in [0.4, 0.5) is 5.13 Å². The smallest absolute Gasteiger partial charge is 0.203 e. The van der Waals surface area contributed by atoms with Gasteiger partial charge in [0.05, 0.1) is 5.54 Å².